The number of hydrogen-bond donors (Lipinski definition) is 0. The Morgan fingerprint density at radius 3 is 2.30 bits per heavy atom. The third kappa shape index (κ3) is 3.44. The molecule has 1 aromatic rings. The van der Waals surface area contributed by atoms with Gasteiger partial charge in [-0.1, -0.05) is 48.2 Å². The lowest BCUT2D eigenvalue weighted by Gasteiger charge is -2.23. The number of hydrogen-bond acceptors (Lipinski definition) is 2. The van der Waals surface area contributed by atoms with Gasteiger partial charge in [-0.2, -0.15) is 13.2 Å². The van der Waals surface area contributed by atoms with Crippen molar-refractivity contribution in [2.75, 3.05) is 0 Å². The first-order chi connectivity index (χ1) is 11.0. The molecule has 0 N–H and O–H groups in total. The molecule has 1 nitrogen and oxygen atoms in total. The first-order valence-corrected chi connectivity index (χ1v) is 8.27. The monoisotopic (exact) mass is 336 g/mol. The van der Waals surface area contributed by atoms with Crippen molar-refractivity contribution < 1.29 is 18.0 Å². The van der Waals surface area contributed by atoms with Gasteiger partial charge in [-0.25, -0.2) is 0 Å². The zero-order chi connectivity index (χ0) is 16.4. The minimum absolute atomic E-state index is 0.0203. The predicted octanol–water partition coefficient (Wildman–Crippen LogP) is 5.66. The maximum atomic E-state index is 13.5. The molecule has 23 heavy (non-hydrogen) atoms. The zero-order valence-electron chi connectivity index (χ0n) is 12.3. The van der Waals surface area contributed by atoms with Crippen LogP contribution < -0.4 is 0 Å². The fourth-order valence-electron chi connectivity index (χ4n) is 2.79. The number of rotatable bonds is 1. The van der Waals surface area contributed by atoms with Gasteiger partial charge in [-0.15, -0.1) is 0 Å². The Kier molecular flexibility index (Phi) is 4.48. The van der Waals surface area contributed by atoms with Crippen LogP contribution in [0.1, 0.15) is 31.2 Å². The Hall–Kier alpha value is -1.75. The smallest absolute Gasteiger partial charge is 0.295 e. The van der Waals surface area contributed by atoms with Gasteiger partial charge in [-0.3, -0.25) is 4.79 Å². The van der Waals surface area contributed by atoms with Gasteiger partial charge in [0.2, 0.25) is 0 Å². The third-order valence-corrected chi connectivity index (χ3v) is 5.17. The summed E-state index contributed by atoms with van der Waals surface area (Å²) >= 11 is 0.678. The van der Waals surface area contributed by atoms with Crippen LogP contribution in [0.3, 0.4) is 0 Å². The minimum atomic E-state index is -4.44. The van der Waals surface area contributed by atoms with E-state index in [4.69, 9.17) is 0 Å². The van der Waals surface area contributed by atoms with Crippen molar-refractivity contribution in [1.82, 2.24) is 0 Å². The molecule has 2 aliphatic rings. The molecule has 0 bridgehead atoms. The highest BCUT2D eigenvalue weighted by Gasteiger charge is 2.39. The van der Waals surface area contributed by atoms with Crippen LogP contribution in [-0.2, 0) is 4.79 Å². The Morgan fingerprint density at radius 2 is 1.65 bits per heavy atom. The standard InChI is InChI=1S/C18H15F3OS/c19-18(20,21)17-13(12-6-2-1-3-7-12)10-11-16(23-17)14-8-4-5-9-15(14)22/h1-3,6-7,10-11H,4-5,8-9H2/b16-14-. The van der Waals surface area contributed by atoms with Gasteiger partial charge in [0.1, 0.15) is 4.91 Å². The number of ketones is 1. The molecule has 1 aliphatic heterocycles. The number of Topliss-reactive ketones (excluding diaryl/α,β-unsaturated/α-hetero) is 1. The Balaban J connectivity index is 2.05. The lowest BCUT2D eigenvalue weighted by atomic mass is 9.93. The van der Waals surface area contributed by atoms with E-state index in [1.807, 2.05) is 0 Å². The second-order valence-electron chi connectivity index (χ2n) is 5.52. The van der Waals surface area contributed by atoms with Crippen molar-refractivity contribution >= 4 is 23.1 Å². The molecular weight excluding hydrogens is 321 g/mol. The highest BCUT2D eigenvalue weighted by molar-refractivity contribution is 8.07. The van der Waals surface area contributed by atoms with E-state index >= 15 is 0 Å². The molecule has 0 spiro atoms. The van der Waals surface area contributed by atoms with Gasteiger partial charge in [0.15, 0.2) is 5.78 Å². The van der Waals surface area contributed by atoms with Gasteiger partial charge in [0.05, 0.1) is 0 Å². The van der Waals surface area contributed by atoms with E-state index in [9.17, 15) is 18.0 Å². The number of benzene rings is 1. The first kappa shape index (κ1) is 16.1. The van der Waals surface area contributed by atoms with Gasteiger partial charge in [0, 0.05) is 22.5 Å². The largest absolute Gasteiger partial charge is 0.423 e. The van der Waals surface area contributed by atoms with Crippen molar-refractivity contribution in [2.45, 2.75) is 31.9 Å². The number of carbonyl (C=O) groups excluding carboxylic acids is 1. The number of alkyl halides is 3. The van der Waals surface area contributed by atoms with E-state index < -0.39 is 11.1 Å². The summed E-state index contributed by atoms with van der Waals surface area (Å²) in [6.45, 7) is 0. The van der Waals surface area contributed by atoms with E-state index in [-0.39, 0.29) is 11.4 Å². The van der Waals surface area contributed by atoms with Crippen molar-refractivity contribution in [2.24, 2.45) is 0 Å². The topological polar surface area (TPSA) is 17.1 Å². The average Bonchev–Trinajstić information content (AvgIpc) is 2.55. The molecule has 0 radical (unpaired) electrons. The molecule has 3 rings (SSSR count). The van der Waals surface area contributed by atoms with Crippen LogP contribution in [0.4, 0.5) is 13.2 Å². The van der Waals surface area contributed by atoms with Gasteiger partial charge in [-0.05, 0) is 30.9 Å². The molecule has 0 amide bonds. The van der Waals surface area contributed by atoms with Gasteiger partial charge < -0.3 is 0 Å². The maximum absolute atomic E-state index is 13.5. The van der Waals surface area contributed by atoms with Crippen LogP contribution in [0.15, 0.2) is 57.9 Å². The SMILES string of the molecule is O=C1CCCC/C1=C1\C=CC(c2ccccc2)=C(C(F)(F)F)S1. The number of thioether (sulfide) groups is 1. The average molecular weight is 336 g/mol. The molecular formula is C18H15F3OS. The molecule has 0 unspecified atom stereocenters. The van der Waals surface area contributed by atoms with E-state index in [1.54, 1.807) is 36.4 Å². The molecule has 0 saturated heterocycles. The predicted molar refractivity (Wildman–Crippen MR) is 86.6 cm³/mol. The fourth-order valence-corrected chi connectivity index (χ4v) is 3.90. The summed E-state index contributed by atoms with van der Waals surface area (Å²) in [5.74, 6) is -0.0203. The number of carbonyl (C=O) groups is 1. The highest BCUT2D eigenvalue weighted by Crippen LogP contribution is 2.48. The summed E-state index contributed by atoms with van der Waals surface area (Å²) in [6, 6.07) is 8.53. The van der Waals surface area contributed by atoms with Crippen molar-refractivity contribution in [3.8, 4) is 0 Å². The normalized spacial score (nSPS) is 22.7. The summed E-state index contributed by atoms with van der Waals surface area (Å²) in [5.41, 5.74) is 1.24. The van der Waals surface area contributed by atoms with E-state index in [0.29, 0.717) is 40.6 Å². The number of allylic oxidation sites excluding steroid dienone is 5. The van der Waals surface area contributed by atoms with Crippen molar-refractivity contribution in [3.63, 3.8) is 0 Å². The van der Waals surface area contributed by atoms with Gasteiger partial charge >= 0.3 is 6.18 Å². The minimum Gasteiger partial charge on any atom is -0.295 e. The van der Waals surface area contributed by atoms with Crippen LogP contribution in [0.25, 0.3) is 5.57 Å². The van der Waals surface area contributed by atoms with Crippen LogP contribution in [0, 0.1) is 0 Å². The quantitative estimate of drug-likeness (QED) is 0.616. The molecule has 120 valence electrons. The summed E-state index contributed by atoms with van der Waals surface area (Å²) in [5, 5.41) is 0. The summed E-state index contributed by atoms with van der Waals surface area (Å²) in [6.07, 6.45) is 1.38. The van der Waals surface area contributed by atoms with Crippen LogP contribution >= 0.6 is 11.8 Å². The first-order valence-electron chi connectivity index (χ1n) is 7.46. The second-order valence-corrected chi connectivity index (χ2v) is 6.57. The van der Waals surface area contributed by atoms with E-state index in [2.05, 4.69) is 0 Å². The molecule has 0 aromatic heterocycles. The third-order valence-electron chi connectivity index (χ3n) is 3.91. The second kappa shape index (κ2) is 6.40. The molecule has 1 heterocycles. The Labute approximate surface area is 137 Å². The number of halogens is 3. The summed E-state index contributed by atoms with van der Waals surface area (Å²) in [7, 11) is 0. The van der Waals surface area contributed by atoms with Gasteiger partial charge in [0.25, 0.3) is 0 Å². The Morgan fingerprint density at radius 1 is 0.957 bits per heavy atom. The van der Waals surface area contributed by atoms with Crippen molar-refractivity contribution in [3.05, 3.63) is 63.4 Å². The fraction of sp³-hybridized carbons (Fsp3) is 0.278. The van der Waals surface area contributed by atoms with E-state index in [1.165, 1.54) is 6.08 Å². The summed E-state index contributed by atoms with van der Waals surface area (Å²) < 4.78 is 40.5. The Bertz CT molecular complexity index is 712. The maximum Gasteiger partial charge on any atom is 0.423 e. The lowest BCUT2D eigenvalue weighted by Crippen LogP contribution is -2.15. The zero-order valence-corrected chi connectivity index (χ0v) is 13.1. The lowest BCUT2D eigenvalue weighted by molar-refractivity contribution is -0.116. The van der Waals surface area contributed by atoms with Crippen LogP contribution in [0.5, 0.6) is 0 Å². The molecule has 1 fully saturated rings. The molecule has 1 saturated carbocycles. The summed E-state index contributed by atoms with van der Waals surface area (Å²) in [4.78, 5) is 11.8. The van der Waals surface area contributed by atoms with Crippen molar-refractivity contribution in [1.29, 1.82) is 0 Å². The molecule has 0 atom stereocenters. The van der Waals surface area contributed by atoms with Crippen LogP contribution in [-0.4, -0.2) is 12.0 Å². The van der Waals surface area contributed by atoms with E-state index in [0.717, 1.165) is 12.8 Å². The molecule has 5 heteroatoms. The molecule has 1 aliphatic carbocycles. The molecule has 1 aromatic carbocycles. The highest BCUT2D eigenvalue weighted by atomic mass is 32.2. The van der Waals surface area contributed by atoms with Crippen LogP contribution in [0.2, 0.25) is 0 Å².